The van der Waals surface area contributed by atoms with Crippen molar-refractivity contribution < 1.29 is 33.8 Å². The van der Waals surface area contributed by atoms with Gasteiger partial charge in [-0.1, -0.05) is 0 Å². The molecular weight excluding hydrogens is 466 g/mol. The lowest BCUT2D eigenvalue weighted by atomic mass is 9.67. The number of methoxy groups -OCH3 is 2. The summed E-state index contributed by atoms with van der Waals surface area (Å²) in [6.45, 7) is 2.57. The molecule has 0 aromatic carbocycles. The second-order valence-electron chi connectivity index (χ2n) is 9.79. The second kappa shape index (κ2) is 8.34. The largest absolute Gasteiger partial charge is 0.492 e. The molecule has 1 fully saturated rings. The van der Waals surface area contributed by atoms with Gasteiger partial charge in [-0.2, -0.15) is 5.26 Å². The minimum absolute atomic E-state index is 0.0126. The van der Waals surface area contributed by atoms with E-state index in [2.05, 4.69) is 6.07 Å². The van der Waals surface area contributed by atoms with E-state index in [1.54, 1.807) is 18.9 Å². The van der Waals surface area contributed by atoms with Gasteiger partial charge in [-0.3, -0.25) is 29.0 Å². The molecular formula is C26H27N3O7. The minimum Gasteiger partial charge on any atom is -0.492 e. The number of hydrogen-bond acceptors (Lipinski definition) is 10. The van der Waals surface area contributed by atoms with Crippen LogP contribution in [0.2, 0.25) is 0 Å². The van der Waals surface area contributed by atoms with Gasteiger partial charge < -0.3 is 14.6 Å². The number of nitrogens with zero attached hydrogens (tertiary/aromatic N) is 3. The van der Waals surface area contributed by atoms with E-state index in [0.717, 1.165) is 0 Å². The fourth-order valence-electron chi connectivity index (χ4n) is 6.79. The monoisotopic (exact) mass is 493 g/mol. The van der Waals surface area contributed by atoms with Crippen LogP contribution in [-0.4, -0.2) is 96.1 Å². The van der Waals surface area contributed by atoms with E-state index < -0.39 is 42.6 Å². The zero-order chi connectivity index (χ0) is 26.2. The number of carbonyl (C=O) groups excluding carboxylic acids is 4. The van der Waals surface area contributed by atoms with Crippen LogP contribution < -0.4 is 0 Å². The molecule has 0 amide bonds. The summed E-state index contributed by atoms with van der Waals surface area (Å²) in [7, 11) is 4.46. The highest BCUT2D eigenvalue weighted by molar-refractivity contribution is 6.26. The number of allylic oxidation sites excluding steroid dienone is 4. The Hall–Kier alpha value is -3.39. The Morgan fingerprint density at radius 1 is 0.889 bits per heavy atom. The number of ketones is 4. The number of hydrogen-bond donors (Lipinski definition) is 1. The fraction of sp³-hybridized carbons (Fsp3) is 0.500. The van der Waals surface area contributed by atoms with Crippen molar-refractivity contribution in [1.82, 2.24) is 9.80 Å². The highest BCUT2D eigenvalue weighted by Gasteiger charge is 2.59. The molecule has 36 heavy (non-hydrogen) atoms. The smallest absolute Gasteiger partial charge is 0.226 e. The Morgan fingerprint density at radius 2 is 1.39 bits per heavy atom. The molecule has 3 aliphatic heterocycles. The molecule has 1 saturated heterocycles. The van der Waals surface area contributed by atoms with Crippen molar-refractivity contribution >= 4 is 23.1 Å². The minimum atomic E-state index is -0.937. The molecule has 3 heterocycles. The molecule has 1 N–H and O–H groups in total. The summed E-state index contributed by atoms with van der Waals surface area (Å²) in [4.78, 5) is 57.3. The normalized spacial score (nSPS) is 33.0. The van der Waals surface area contributed by atoms with Gasteiger partial charge in [-0.05, 0) is 33.7 Å². The van der Waals surface area contributed by atoms with Crippen molar-refractivity contribution in [2.75, 3.05) is 27.9 Å². The average Bonchev–Trinajstić information content (AvgIpc) is 2.86. The lowest BCUT2D eigenvalue weighted by Gasteiger charge is -2.60. The lowest BCUT2D eigenvalue weighted by molar-refractivity contribution is -0.126. The van der Waals surface area contributed by atoms with Crippen molar-refractivity contribution in [2.24, 2.45) is 0 Å². The summed E-state index contributed by atoms with van der Waals surface area (Å²) >= 11 is 0. The fourth-order valence-corrected chi connectivity index (χ4v) is 6.79. The molecule has 2 bridgehead atoms. The third-order valence-corrected chi connectivity index (χ3v) is 8.39. The number of fused-ring (bicyclic) bond motifs is 5. The summed E-state index contributed by atoms with van der Waals surface area (Å²) in [6, 6.07) is -1.14. The highest BCUT2D eigenvalue weighted by Crippen LogP contribution is 2.48. The summed E-state index contributed by atoms with van der Waals surface area (Å²) in [5.41, 5.74) is 1.47. The van der Waals surface area contributed by atoms with Crippen molar-refractivity contribution in [1.29, 1.82) is 5.26 Å². The van der Waals surface area contributed by atoms with Gasteiger partial charge in [-0.25, -0.2) is 0 Å². The molecule has 0 spiro atoms. The number of Topliss-reactive ketones (excluding diaryl/α,β-unsaturated/α-hetero) is 4. The molecule has 0 aromatic heterocycles. The standard InChI is InChI=1S/C26H27N3O7/c1-10-21(31)12-7-15-20-19-13(22(32)11(2)26(36-5)24(19)34)6-14(28(20)3)16(8-27)29(15)17(9-30)18(12)23(33)25(10)35-4/h14-17,20,30H,6-7,9H2,1-5H3/t14-,15+,16+,17+,20-/m1/s1. The number of aliphatic hydroxyl groups is 1. The van der Waals surface area contributed by atoms with E-state index in [0.29, 0.717) is 11.1 Å². The van der Waals surface area contributed by atoms with Crippen LogP contribution in [0.25, 0.3) is 0 Å². The Labute approximate surface area is 208 Å². The van der Waals surface area contributed by atoms with Gasteiger partial charge in [0.25, 0.3) is 0 Å². The van der Waals surface area contributed by atoms with Crippen LogP contribution in [0, 0.1) is 11.3 Å². The Balaban J connectivity index is 1.72. The first kappa shape index (κ1) is 24.3. The topological polar surface area (TPSA) is 137 Å². The average molecular weight is 494 g/mol. The first-order valence-corrected chi connectivity index (χ1v) is 11.8. The zero-order valence-electron chi connectivity index (χ0n) is 20.7. The number of nitriles is 1. The molecule has 0 aromatic rings. The molecule has 5 atom stereocenters. The quantitative estimate of drug-likeness (QED) is 0.540. The van der Waals surface area contributed by atoms with Gasteiger partial charge in [0.1, 0.15) is 6.04 Å². The number of carbonyl (C=O) groups is 4. The first-order chi connectivity index (χ1) is 17.1. The summed E-state index contributed by atoms with van der Waals surface area (Å²) in [6.07, 6.45) is 0.246. The summed E-state index contributed by atoms with van der Waals surface area (Å²) in [5.74, 6) is -1.59. The maximum absolute atomic E-state index is 13.6. The summed E-state index contributed by atoms with van der Waals surface area (Å²) < 4.78 is 10.5. The van der Waals surface area contributed by atoms with E-state index in [1.165, 1.54) is 21.1 Å². The molecule has 5 aliphatic rings. The molecule has 2 aliphatic carbocycles. The Morgan fingerprint density at radius 3 is 1.89 bits per heavy atom. The van der Waals surface area contributed by atoms with E-state index in [4.69, 9.17) is 9.47 Å². The Kier molecular flexibility index (Phi) is 5.63. The van der Waals surface area contributed by atoms with Gasteiger partial charge in [-0.15, -0.1) is 0 Å². The van der Waals surface area contributed by atoms with Crippen LogP contribution in [0.15, 0.2) is 45.0 Å². The second-order valence-corrected chi connectivity index (χ2v) is 9.79. The molecule has 0 saturated carbocycles. The van der Waals surface area contributed by atoms with Crippen LogP contribution in [0.4, 0.5) is 0 Å². The number of ether oxygens (including phenoxy) is 2. The number of aliphatic hydroxyl groups excluding tert-OH is 1. The molecule has 0 unspecified atom stereocenters. The lowest BCUT2D eigenvalue weighted by Crippen LogP contribution is -2.74. The van der Waals surface area contributed by atoms with Gasteiger partial charge >= 0.3 is 0 Å². The SMILES string of the molecule is COC1=C(C)C(=O)C2=C(C1=O)[C@H]1[C@@H]3CC4=C(C(=O)C(OC)=C(C)C4=O)[C@H](CO)N3[C@@H](C#N)[C@@H](C2)N1C. The molecule has 10 heteroatoms. The van der Waals surface area contributed by atoms with Gasteiger partial charge in [0.15, 0.2) is 23.1 Å². The van der Waals surface area contributed by atoms with Crippen molar-refractivity contribution in [3.05, 3.63) is 45.0 Å². The van der Waals surface area contributed by atoms with Crippen molar-refractivity contribution in [3.63, 3.8) is 0 Å². The Bertz CT molecular complexity index is 1310. The van der Waals surface area contributed by atoms with E-state index in [1.807, 2.05) is 4.90 Å². The molecule has 188 valence electrons. The predicted molar refractivity (Wildman–Crippen MR) is 124 cm³/mol. The molecule has 5 rings (SSSR count). The first-order valence-electron chi connectivity index (χ1n) is 11.8. The molecule has 0 radical (unpaired) electrons. The van der Waals surface area contributed by atoms with Gasteiger partial charge in [0, 0.05) is 45.5 Å². The zero-order valence-corrected chi connectivity index (χ0v) is 20.7. The van der Waals surface area contributed by atoms with Crippen molar-refractivity contribution in [2.45, 2.75) is 56.9 Å². The molecule has 10 nitrogen and oxygen atoms in total. The van der Waals surface area contributed by atoms with Crippen LogP contribution >= 0.6 is 0 Å². The van der Waals surface area contributed by atoms with E-state index in [9.17, 15) is 29.5 Å². The third-order valence-electron chi connectivity index (χ3n) is 8.39. The predicted octanol–water partition coefficient (Wildman–Crippen LogP) is 0.138. The number of likely N-dealkylation sites (N-methyl/N-ethyl adjacent to an activating group) is 1. The van der Waals surface area contributed by atoms with Crippen LogP contribution in [-0.2, 0) is 28.7 Å². The maximum atomic E-state index is 13.6. The maximum Gasteiger partial charge on any atom is 0.226 e. The van der Waals surface area contributed by atoms with Crippen LogP contribution in [0.1, 0.15) is 26.7 Å². The van der Waals surface area contributed by atoms with Crippen LogP contribution in [0.3, 0.4) is 0 Å². The number of rotatable bonds is 3. The third kappa shape index (κ3) is 2.88. The highest BCUT2D eigenvalue weighted by atomic mass is 16.5. The number of piperazine rings is 1. The summed E-state index contributed by atoms with van der Waals surface area (Å²) in [5, 5.41) is 20.8. The van der Waals surface area contributed by atoms with E-state index >= 15 is 0 Å². The van der Waals surface area contributed by atoms with Gasteiger partial charge in [0.2, 0.25) is 11.6 Å². The van der Waals surface area contributed by atoms with Crippen LogP contribution in [0.5, 0.6) is 0 Å². The van der Waals surface area contributed by atoms with E-state index in [-0.39, 0.29) is 64.0 Å². The van der Waals surface area contributed by atoms with Crippen molar-refractivity contribution in [3.8, 4) is 6.07 Å². The van der Waals surface area contributed by atoms with Gasteiger partial charge in [0.05, 0.1) is 39.0 Å².